The standard InChI is InChI=1S/C23H20N2O3S/c1-15(2)28-18-10-8-17(9-11-18)20(26)12-25-14-24-22-21(23(25)27)19(13-29-22)16-6-4-3-5-7-16/h3-11,13-15H,12H2,1-2H3. The van der Waals surface area contributed by atoms with Gasteiger partial charge in [0.25, 0.3) is 5.56 Å². The van der Waals surface area contributed by atoms with Crippen molar-refractivity contribution in [1.29, 1.82) is 0 Å². The van der Waals surface area contributed by atoms with Crippen LogP contribution in [0.5, 0.6) is 5.75 Å². The Hall–Kier alpha value is -3.25. The van der Waals surface area contributed by atoms with Gasteiger partial charge in [-0.1, -0.05) is 30.3 Å². The molecule has 4 rings (SSSR count). The van der Waals surface area contributed by atoms with Gasteiger partial charge in [0.05, 0.1) is 24.4 Å². The van der Waals surface area contributed by atoms with E-state index in [0.717, 1.165) is 11.1 Å². The molecule has 146 valence electrons. The number of nitrogens with zero attached hydrogens (tertiary/aromatic N) is 2. The predicted octanol–water partition coefficient (Wildman–Crippen LogP) is 4.80. The van der Waals surface area contributed by atoms with Crippen LogP contribution in [0.2, 0.25) is 0 Å². The second-order valence-corrected chi connectivity index (χ2v) is 7.85. The van der Waals surface area contributed by atoms with Gasteiger partial charge in [-0.25, -0.2) is 4.98 Å². The number of aromatic nitrogens is 2. The molecule has 5 nitrogen and oxygen atoms in total. The van der Waals surface area contributed by atoms with Crippen LogP contribution in [-0.2, 0) is 6.54 Å². The number of benzene rings is 2. The van der Waals surface area contributed by atoms with E-state index < -0.39 is 0 Å². The molecule has 0 bridgehead atoms. The molecule has 2 heterocycles. The number of ether oxygens (including phenoxy) is 1. The molecule has 29 heavy (non-hydrogen) atoms. The molecule has 0 N–H and O–H groups in total. The zero-order chi connectivity index (χ0) is 20.4. The average molecular weight is 404 g/mol. The summed E-state index contributed by atoms with van der Waals surface area (Å²) in [6, 6.07) is 16.7. The van der Waals surface area contributed by atoms with Crippen molar-refractivity contribution < 1.29 is 9.53 Å². The predicted molar refractivity (Wildman–Crippen MR) is 116 cm³/mol. The van der Waals surface area contributed by atoms with Crippen LogP contribution in [0.3, 0.4) is 0 Å². The fourth-order valence-corrected chi connectivity index (χ4v) is 4.05. The molecular weight excluding hydrogens is 384 g/mol. The van der Waals surface area contributed by atoms with Gasteiger partial charge >= 0.3 is 0 Å². The first-order chi connectivity index (χ1) is 14.0. The van der Waals surface area contributed by atoms with E-state index in [4.69, 9.17) is 4.74 Å². The van der Waals surface area contributed by atoms with Gasteiger partial charge in [-0.2, -0.15) is 0 Å². The Morgan fingerprint density at radius 2 is 1.83 bits per heavy atom. The molecule has 0 fully saturated rings. The summed E-state index contributed by atoms with van der Waals surface area (Å²) in [6.07, 6.45) is 1.52. The highest BCUT2D eigenvalue weighted by Gasteiger charge is 2.15. The Bertz CT molecular complexity index is 1210. The lowest BCUT2D eigenvalue weighted by Gasteiger charge is -2.10. The molecule has 2 aromatic heterocycles. The molecule has 0 amide bonds. The van der Waals surface area contributed by atoms with Crippen molar-refractivity contribution >= 4 is 27.3 Å². The summed E-state index contributed by atoms with van der Waals surface area (Å²) in [5, 5.41) is 2.49. The molecule has 0 aliphatic heterocycles. The first-order valence-electron chi connectivity index (χ1n) is 9.35. The van der Waals surface area contributed by atoms with Gasteiger partial charge in [-0.3, -0.25) is 14.2 Å². The molecule has 4 aromatic rings. The minimum atomic E-state index is -0.205. The molecule has 0 saturated carbocycles. The van der Waals surface area contributed by atoms with Crippen LogP contribution < -0.4 is 10.3 Å². The quantitative estimate of drug-likeness (QED) is 0.433. The topological polar surface area (TPSA) is 61.2 Å². The third-order valence-electron chi connectivity index (χ3n) is 4.51. The third-order valence-corrected chi connectivity index (χ3v) is 5.39. The number of hydrogen-bond donors (Lipinski definition) is 0. The highest BCUT2D eigenvalue weighted by molar-refractivity contribution is 7.17. The molecule has 0 radical (unpaired) electrons. The minimum absolute atomic E-state index is 0.0593. The van der Waals surface area contributed by atoms with E-state index >= 15 is 0 Å². The summed E-state index contributed by atoms with van der Waals surface area (Å²) in [5.74, 6) is 0.559. The molecule has 0 atom stereocenters. The maximum Gasteiger partial charge on any atom is 0.263 e. The highest BCUT2D eigenvalue weighted by atomic mass is 32.1. The number of thiophene rings is 1. The minimum Gasteiger partial charge on any atom is -0.491 e. The number of Topliss-reactive ketones (excluding diaryl/α,β-unsaturated/α-hetero) is 1. The van der Waals surface area contributed by atoms with Crippen LogP contribution in [0.4, 0.5) is 0 Å². The summed E-state index contributed by atoms with van der Waals surface area (Å²) >= 11 is 1.43. The fourth-order valence-electron chi connectivity index (χ4n) is 3.15. The Morgan fingerprint density at radius 1 is 1.10 bits per heavy atom. The maximum absolute atomic E-state index is 13.1. The molecular formula is C23H20N2O3S. The summed E-state index contributed by atoms with van der Waals surface area (Å²) in [6.45, 7) is 3.84. The lowest BCUT2D eigenvalue weighted by atomic mass is 10.1. The van der Waals surface area contributed by atoms with Gasteiger partial charge in [0.1, 0.15) is 10.6 Å². The Morgan fingerprint density at radius 3 is 2.52 bits per heavy atom. The molecule has 0 aliphatic rings. The fraction of sp³-hybridized carbons (Fsp3) is 0.174. The molecule has 0 aliphatic carbocycles. The monoisotopic (exact) mass is 404 g/mol. The van der Waals surface area contributed by atoms with Gasteiger partial charge in [0, 0.05) is 16.5 Å². The SMILES string of the molecule is CC(C)Oc1ccc(C(=O)Cn2cnc3scc(-c4ccccc4)c3c2=O)cc1. The Kier molecular flexibility index (Phi) is 5.27. The van der Waals surface area contributed by atoms with Crippen LogP contribution in [0.15, 0.2) is 71.1 Å². The number of fused-ring (bicyclic) bond motifs is 1. The van der Waals surface area contributed by atoms with E-state index in [9.17, 15) is 9.59 Å². The number of hydrogen-bond acceptors (Lipinski definition) is 5. The van der Waals surface area contributed by atoms with E-state index in [1.54, 1.807) is 24.3 Å². The van der Waals surface area contributed by atoms with E-state index in [1.165, 1.54) is 22.2 Å². The van der Waals surface area contributed by atoms with Gasteiger partial charge in [0.2, 0.25) is 0 Å². The van der Waals surface area contributed by atoms with Gasteiger partial charge in [-0.15, -0.1) is 11.3 Å². The zero-order valence-electron chi connectivity index (χ0n) is 16.2. The molecule has 0 saturated heterocycles. The largest absolute Gasteiger partial charge is 0.491 e. The molecule has 0 spiro atoms. The average Bonchev–Trinajstić information content (AvgIpc) is 3.16. The van der Waals surface area contributed by atoms with Crippen molar-refractivity contribution in [3.8, 4) is 16.9 Å². The lowest BCUT2D eigenvalue weighted by Crippen LogP contribution is -2.24. The second kappa shape index (κ2) is 8.01. The lowest BCUT2D eigenvalue weighted by molar-refractivity contribution is 0.0970. The zero-order valence-corrected chi connectivity index (χ0v) is 17.0. The summed E-state index contributed by atoms with van der Waals surface area (Å²) in [4.78, 5) is 30.9. The van der Waals surface area contributed by atoms with Crippen molar-refractivity contribution in [3.05, 3.63) is 82.2 Å². The van der Waals surface area contributed by atoms with Gasteiger partial charge in [0.15, 0.2) is 5.78 Å². The van der Waals surface area contributed by atoms with E-state index in [2.05, 4.69) is 4.98 Å². The van der Waals surface area contributed by atoms with Crippen molar-refractivity contribution in [2.24, 2.45) is 0 Å². The van der Waals surface area contributed by atoms with Crippen molar-refractivity contribution in [2.45, 2.75) is 26.5 Å². The summed E-state index contributed by atoms with van der Waals surface area (Å²) in [7, 11) is 0. The van der Waals surface area contributed by atoms with Crippen LogP contribution >= 0.6 is 11.3 Å². The Labute approximate surface area is 172 Å². The normalized spacial score (nSPS) is 11.1. The summed E-state index contributed by atoms with van der Waals surface area (Å²) in [5.41, 5.74) is 2.13. The molecule has 0 unspecified atom stereocenters. The van der Waals surface area contributed by atoms with Crippen LogP contribution in [0.25, 0.3) is 21.3 Å². The smallest absolute Gasteiger partial charge is 0.263 e. The van der Waals surface area contributed by atoms with Crippen molar-refractivity contribution in [3.63, 3.8) is 0 Å². The number of ketones is 1. The third kappa shape index (κ3) is 3.98. The van der Waals surface area contributed by atoms with Crippen LogP contribution in [0, 0.1) is 0 Å². The summed E-state index contributed by atoms with van der Waals surface area (Å²) < 4.78 is 6.98. The van der Waals surface area contributed by atoms with Crippen LogP contribution in [0.1, 0.15) is 24.2 Å². The van der Waals surface area contributed by atoms with E-state index in [1.807, 2.05) is 49.6 Å². The van der Waals surface area contributed by atoms with Crippen molar-refractivity contribution in [2.75, 3.05) is 0 Å². The number of rotatable bonds is 6. The van der Waals surface area contributed by atoms with Crippen LogP contribution in [-0.4, -0.2) is 21.4 Å². The molecule has 2 aromatic carbocycles. The van der Waals surface area contributed by atoms with Gasteiger partial charge < -0.3 is 4.74 Å². The maximum atomic E-state index is 13.1. The van der Waals surface area contributed by atoms with E-state index in [0.29, 0.717) is 21.5 Å². The number of carbonyl (C=O) groups excluding carboxylic acids is 1. The Balaban J connectivity index is 1.64. The second-order valence-electron chi connectivity index (χ2n) is 6.99. The highest BCUT2D eigenvalue weighted by Crippen LogP contribution is 2.30. The molecule has 6 heteroatoms. The number of carbonyl (C=O) groups is 1. The van der Waals surface area contributed by atoms with Gasteiger partial charge in [-0.05, 0) is 43.7 Å². The first kappa shape index (κ1) is 19.1. The van der Waals surface area contributed by atoms with Crippen molar-refractivity contribution in [1.82, 2.24) is 9.55 Å². The first-order valence-corrected chi connectivity index (χ1v) is 10.2. The van der Waals surface area contributed by atoms with E-state index in [-0.39, 0.29) is 24.0 Å².